The van der Waals surface area contributed by atoms with Gasteiger partial charge in [-0.15, -0.1) is 0 Å². The van der Waals surface area contributed by atoms with Crippen LogP contribution in [0.4, 0.5) is 0 Å². The average molecular weight is 253 g/mol. The van der Waals surface area contributed by atoms with E-state index in [2.05, 4.69) is 0 Å². The first-order valence-electron chi connectivity index (χ1n) is 5.16. The van der Waals surface area contributed by atoms with Crippen molar-refractivity contribution in [3.8, 4) is 0 Å². The summed E-state index contributed by atoms with van der Waals surface area (Å²) in [5.41, 5.74) is 8.09. The molecular weight excluding hydrogens is 240 g/mol. The van der Waals surface area contributed by atoms with E-state index in [9.17, 15) is 4.79 Å². The van der Waals surface area contributed by atoms with Crippen LogP contribution in [0.3, 0.4) is 0 Å². The van der Waals surface area contributed by atoms with Gasteiger partial charge in [0.15, 0.2) is 0 Å². The van der Waals surface area contributed by atoms with Crippen molar-refractivity contribution in [1.29, 1.82) is 0 Å². The number of aryl methyl sites for hydroxylation is 1. The lowest BCUT2D eigenvalue weighted by Gasteiger charge is -2.07. The Morgan fingerprint density at radius 1 is 1.53 bits per heavy atom. The molecule has 1 atom stereocenters. The fraction of sp³-hybridized carbons (Fsp3) is 0.250. The molecule has 3 N–H and O–H groups in total. The monoisotopic (exact) mass is 252 g/mol. The Bertz CT molecular complexity index is 604. The predicted molar refractivity (Wildman–Crippen MR) is 67.2 cm³/mol. The summed E-state index contributed by atoms with van der Waals surface area (Å²) in [5, 5.41) is 10.5. The lowest BCUT2D eigenvalue weighted by atomic mass is 10.0. The van der Waals surface area contributed by atoms with Crippen molar-refractivity contribution in [1.82, 2.24) is 4.57 Å². The van der Waals surface area contributed by atoms with Gasteiger partial charge in [-0.3, -0.25) is 4.79 Å². The average Bonchev–Trinajstić information content (AvgIpc) is 2.51. The molecule has 0 fully saturated rings. The maximum atomic E-state index is 11.0. The molecule has 2 aromatic rings. The van der Waals surface area contributed by atoms with Crippen LogP contribution in [-0.2, 0) is 11.8 Å². The summed E-state index contributed by atoms with van der Waals surface area (Å²) in [7, 11) is 1.87. The van der Waals surface area contributed by atoms with E-state index in [0.29, 0.717) is 10.6 Å². The third-order valence-corrected chi connectivity index (χ3v) is 3.32. The molecule has 1 aromatic heterocycles. The molecule has 0 aliphatic carbocycles. The molecule has 0 amide bonds. The van der Waals surface area contributed by atoms with Crippen LogP contribution in [0.15, 0.2) is 18.2 Å². The van der Waals surface area contributed by atoms with Crippen molar-refractivity contribution >= 4 is 28.5 Å². The Morgan fingerprint density at radius 2 is 2.18 bits per heavy atom. The molecule has 1 unspecified atom stereocenters. The minimum Gasteiger partial charge on any atom is -0.480 e. The second-order valence-electron chi connectivity index (χ2n) is 4.04. The molecule has 4 nitrogen and oxygen atoms in total. The normalized spacial score (nSPS) is 12.9. The number of nitrogens with zero attached hydrogens (tertiary/aromatic N) is 1. The van der Waals surface area contributed by atoms with E-state index < -0.39 is 12.0 Å². The summed E-state index contributed by atoms with van der Waals surface area (Å²) in [5.74, 6) is -1.03. The van der Waals surface area contributed by atoms with Gasteiger partial charge in [-0.2, -0.15) is 0 Å². The number of aromatic nitrogens is 1. The van der Waals surface area contributed by atoms with E-state index >= 15 is 0 Å². The van der Waals surface area contributed by atoms with E-state index in [1.54, 1.807) is 6.07 Å². The Labute approximate surface area is 104 Å². The van der Waals surface area contributed by atoms with Crippen molar-refractivity contribution in [2.24, 2.45) is 12.8 Å². The number of nitrogens with two attached hydrogens (primary N) is 1. The molecule has 0 aliphatic rings. The molecule has 1 heterocycles. The summed E-state index contributed by atoms with van der Waals surface area (Å²) in [6.45, 7) is 1.85. The second-order valence-corrected chi connectivity index (χ2v) is 4.47. The van der Waals surface area contributed by atoms with Gasteiger partial charge in [-0.25, -0.2) is 0 Å². The third kappa shape index (κ3) is 1.79. The SMILES string of the molecule is Cc1c(C(N)C(=O)O)c2ccc(Cl)cc2n1C. The molecule has 17 heavy (non-hydrogen) atoms. The van der Waals surface area contributed by atoms with Crippen LogP contribution >= 0.6 is 11.6 Å². The molecule has 0 aliphatic heterocycles. The van der Waals surface area contributed by atoms with E-state index in [-0.39, 0.29) is 0 Å². The fourth-order valence-electron chi connectivity index (χ4n) is 2.08. The first-order chi connectivity index (χ1) is 7.93. The minimum atomic E-state index is -1.03. The minimum absolute atomic E-state index is 0.619. The molecule has 2 rings (SSSR count). The summed E-state index contributed by atoms with van der Waals surface area (Å²) < 4.78 is 1.90. The Kier molecular flexibility index (Phi) is 2.85. The van der Waals surface area contributed by atoms with Crippen LogP contribution in [0.25, 0.3) is 10.9 Å². The zero-order valence-electron chi connectivity index (χ0n) is 9.57. The molecule has 0 saturated carbocycles. The number of carboxylic acid groups (broad SMARTS) is 1. The largest absolute Gasteiger partial charge is 0.480 e. The maximum absolute atomic E-state index is 11.0. The molecule has 90 valence electrons. The summed E-state index contributed by atoms with van der Waals surface area (Å²) in [4.78, 5) is 11.0. The Balaban J connectivity index is 2.80. The first-order valence-corrected chi connectivity index (χ1v) is 5.54. The van der Waals surface area contributed by atoms with Crippen LogP contribution in [0.2, 0.25) is 5.02 Å². The number of hydrogen-bond acceptors (Lipinski definition) is 2. The maximum Gasteiger partial charge on any atom is 0.325 e. The van der Waals surface area contributed by atoms with Crippen LogP contribution in [0, 0.1) is 6.92 Å². The smallest absolute Gasteiger partial charge is 0.325 e. The number of carboxylic acids is 1. The van der Waals surface area contributed by atoms with Crippen molar-refractivity contribution < 1.29 is 9.90 Å². The van der Waals surface area contributed by atoms with Crippen molar-refractivity contribution in [3.63, 3.8) is 0 Å². The van der Waals surface area contributed by atoms with Crippen LogP contribution < -0.4 is 5.73 Å². The molecular formula is C12H13ClN2O2. The number of halogens is 1. The van der Waals surface area contributed by atoms with E-state index in [1.165, 1.54) is 0 Å². The van der Waals surface area contributed by atoms with Gasteiger partial charge in [0.1, 0.15) is 6.04 Å². The van der Waals surface area contributed by atoms with Gasteiger partial charge in [0, 0.05) is 34.2 Å². The number of hydrogen-bond donors (Lipinski definition) is 2. The Morgan fingerprint density at radius 3 is 2.76 bits per heavy atom. The molecule has 0 bridgehead atoms. The molecule has 5 heteroatoms. The summed E-state index contributed by atoms with van der Waals surface area (Å²) in [6.07, 6.45) is 0. The molecule has 1 aromatic carbocycles. The number of fused-ring (bicyclic) bond motifs is 1. The van der Waals surface area contributed by atoms with Crippen LogP contribution in [-0.4, -0.2) is 15.6 Å². The highest BCUT2D eigenvalue weighted by molar-refractivity contribution is 6.31. The van der Waals surface area contributed by atoms with Crippen molar-refractivity contribution in [2.75, 3.05) is 0 Å². The lowest BCUT2D eigenvalue weighted by molar-refractivity contribution is -0.138. The van der Waals surface area contributed by atoms with Gasteiger partial charge < -0.3 is 15.4 Å². The van der Waals surface area contributed by atoms with E-state index in [4.69, 9.17) is 22.4 Å². The number of rotatable bonds is 2. The predicted octanol–water partition coefficient (Wildman–Crippen LogP) is 2.22. The van der Waals surface area contributed by atoms with Crippen LogP contribution in [0.5, 0.6) is 0 Å². The van der Waals surface area contributed by atoms with Gasteiger partial charge in [-0.05, 0) is 19.1 Å². The highest BCUT2D eigenvalue weighted by Gasteiger charge is 2.22. The first kappa shape index (κ1) is 12.0. The quantitative estimate of drug-likeness (QED) is 0.861. The van der Waals surface area contributed by atoms with E-state index in [0.717, 1.165) is 16.6 Å². The summed E-state index contributed by atoms with van der Waals surface area (Å²) in [6, 6.07) is 4.34. The fourth-order valence-corrected chi connectivity index (χ4v) is 2.25. The highest BCUT2D eigenvalue weighted by Crippen LogP contribution is 2.30. The molecule has 0 radical (unpaired) electrons. The standard InChI is InChI=1S/C12H13ClN2O2/c1-6-10(11(14)12(16)17)8-4-3-7(13)5-9(8)15(6)2/h3-5,11H,14H2,1-2H3,(H,16,17). The zero-order chi connectivity index (χ0) is 12.7. The van der Waals surface area contributed by atoms with Gasteiger partial charge >= 0.3 is 5.97 Å². The third-order valence-electron chi connectivity index (χ3n) is 3.08. The van der Waals surface area contributed by atoms with Crippen LogP contribution in [0.1, 0.15) is 17.3 Å². The number of benzene rings is 1. The second kappa shape index (κ2) is 4.05. The summed E-state index contributed by atoms with van der Waals surface area (Å²) >= 11 is 5.93. The highest BCUT2D eigenvalue weighted by atomic mass is 35.5. The molecule has 0 spiro atoms. The van der Waals surface area contributed by atoms with Gasteiger partial charge in [0.2, 0.25) is 0 Å². The van der Waals surface area contributed by atoms with Gasteiger partial charge in [-0.1, -0.05) is 17.7 Å². The zero-order valence-corrected chi connectivity index (χ0v) is 10.3. The topological polar surface area (TPSA) is 68.2 Å². The molecule has 0 saturated heterocycles. The Hall–Kier alpha value is -1.52. The lowest BCUT2D eigenvalue weighted by Crippen LogP contribution is -2.21. The number of carbonyl (C=O) groups is 1. The van der Waals surface area contributed by atoms with Crippen molar-refractivity contribution in [3.05, 3.63) is 34.5 Å². The number of aliphatic carboxylic acids is 1. The van der Waals surface area contributed by atoms with Gasteiger partial charge in [0.25, 0.3) is 0 Å². The van der Waals surface area contributed by atoms with Crippen molar-refractivity contribution in [2.45, 2.75) is 13.0 Å². The van der Waals surface area contributed by atoms with E-state index in [1.807, 2.05) is 30.7 Å². The van der Waals surface area contributed by atoms with Gasteiger partial charge in [0.05, 0.1) is 0 Å².